The van der Waals surface area contributed by atoms with Crippen molar-refractivity contribution < 1.29 is 19.1 Å². The number of furan rings is 1. The Morgan fingerprint density at radius 1 is 0.844 bits per heavy atom. The van der Waals surface area contributed by atoms with E-state index >= 15 is 0 Å². The van der Waals surface area contributed by atoms with E-state index in [4.69, 9.17) is 4.42 Å². The molecule has 0 aliphatic rings. The van der Waals surface area contributed by atoms with Crippen LogP contribution < -0.4 is 10.6 Å². The number of rotatable bonds is 8. The number of fused-ring (bicyclic) bond motifs is 3. The van der Waals surface area contributed by atoms with Crippen LogP contribution in [0.2, 0.25) is 0 Å². The van der Waals surface area contributed by atoms with Crippen molar-refractivity contribution in [2.24, 2.45) is 0 Å². The van der Waals surface area contributed by atoms with Gasteiger partial charge in [0.1, 0.15) is 23.3 Å². The van der Waals surface area contributed by atoms with Gasteiger partial charge in [0.2, 0.25) is 0 Å². The van der Waals surface area contributed by atoms with Crippen LogP contribution in [0.1, 0.15) is 36.7 Å². The highest BCUT2D eigenvalue weighted by Crippen LogP contribution is 2.35. The second kappa shape index (κ2) is 12.1. The van der Waals surface area contributed by atoms with Gasteiger partial charge in [0.25, 0.3) is 5.91 Å². The molecule has 226 valence electrons. The van der Waals surface area contributed by atoms with Crippen molar-refractivity contribution in [1.29, 1.82) is 0 Å². The molecule has 0 saturated heterocycles. The summed E-state index contributed by atoms with van der Waals surface area (Å²) in [6, 6.07) is 30.4. The third-order valence-corrected chi connectivity index (χ3v) is 7.62. The standard InChI is InChI=1S/C36H33N5O4/c1-36(2,3)41(35(43)44)19-18-23-14-16-24(17-15-23)34(42)40-26-9-6-8-25(20-26)39-32-21-30(37-22-38-32)29-12-7-11-28-27-10-4-5-13-31(27)45-33(28)29/h4-17,20-22H,18-19H2,1-3H3,(H,40,42)(H,43,44)(H,37,38,39). The number of aromatic nitrogens is 2. The van der Waals surface area contributed by atoms with Crippen LogP contribution in [0, 0.1) is 0 Å². The molecule has 6 aromatic rings. The summed E-state index contributed by atoms with van der Waals surface area (Å²) in [6.45, 7) is 5.98. The summed E-state index contributed by atoms with van der Waals surface area (Å²) in [5.41, 5.74) is 5.52. The Morgan fingerprint density at radius 2 is 1.58 bits per heavy atom. The average Bonchev–Trinajstić information content (AvgIpc) is 3.40. The zero-order valence-electron chi connectivity index (χ0n) is 25.2. The van der Waals surface area contributed by atoms with E-state index < -0.39 is 11.6 Å². The minimum absolute atomic E-state index is 0.246. The molecule has 0 unspecified atom stereocenters. The zero-order chi connectivity index (χ0) is 31.6. The van der Waals surface area contributed by atoms with E-state index in [1.54, 1.807) is 12.1 Å². The molecular weight excluding hydrogens is 566 g/mol. The van der Waals surface area contributed by atoms with Crippen LogP contribution in [-0.2, 0) is 6.42 Å². The highest BCUT2D eigenvalue weighted by atomic mass is 16.4. The van der Waals surface area contributed by atoms with Crippen molar-refractivity contribution in [3.8, 4) is 11.3 Å². The molecule has 3 N–H and O–H groups in total. The lowest BCUT2D eigenvalue weighted by atomic mass is 10.0. The van der Waals surface area contributed by atoms with Crippen LogP contribution in [0.15, 0.2) is 108 Å². The first-order valence-electron chi connectivity index (χ1n) is 14.7. The van der Waals surface area contributed by atoms with Gasteiger partial charge in [-0.15, -0.1) is 0 Å². The average molecular weight is 600 g/mol. The third-order valence-electron chi connectivity index (χ3n) is 7.62. The molecule has 9 nitrogen and oxygen atoms in total. The zero-order valence-corrected chi connectivity index (χ0v) is 25.2. The predicted molar refractivity (Wildman–Crippen MR) is 177 cm³/mol. The Labute approximate surface area is 260 Å². The number of nitrogens with one attached hydrogen (secondary N) is 2. The van der Waals surface area contributed by atoms with Crippen molar-refractivity contribution in [3.05, 3.63) is 115 Å². The molecule has 0 atom stereocenters. The molecule has 2 amide bonds. The minimum Gasteiger partial charge on any atom is -0.465 e. The van der Waals surface area contributed by atoms with Gasteiger partial charge in [-0.25, -0.2) is 14.8 Å². The summed E-state index contributed by atoms with van der Waals surface area (Å²) >= 11 is 0. The molecule has 4 aromatic carbocycles. The van der Waals surface area contributed by atoms with Gasteiger partial charge in [-0.2, -0.15) is 0 Å². The molecular formula is C36H33N5O4. The van der Waals surface area contributed by atoms with Gasteiger partial charge in [-0.1, -0.05) is 48.5 Å². The summed E-state index contributed by atoms with van der Waals surface area (Å²) in [6.07, 6.45) is 1.12. The Morgan fingerprint density at radius 3 is 2.36 bits per heavy atom. The molecule has 0 fully saturated rings. The van der Waals surface area contributed by atoms with E-state index in [2.05, 4.69) is 20.6 Å². The largest absolute Gasteiger partial charge is 0.465 e. The van der Waals surface area contributed by atoms with E-state index in [9.17, 15) is 14.7 Å². The van der Waals surface area contributed by atoms with E-state index in [0.29, 0.717) is 30.0 Å². The van der Waals surface area contributed by atoms with Gasteiger partial charge < -0.3 is 25.1 Å². The molecule has 0 bridgehead atoms. The molecule has 0 saturated carbocycles. The van der Waals surface area contributed by atoms with E-state index in [0.717, 1.165) is 44.4 Å². The maximum absolute atomic E-state index is 13.0. The number of amides is 2. The molecule has 45 heavy (non-hydrogen) atoms. The SMILES string of the molecule is CC(C)(C)N(CCc1ccc(C(=O)Nc2cccc(Nc3cc(-c4cccc5c4oc4ccccc45)ncn3)c2)cc1)C(=O)O. The van der Waals surface area contributed by atoms with Crippen LogP contribution in [0.4, 0.5) is 22.0 Å². The van der Waals surface area contributed by atoms with Crippen LogP contribution >= 0.6 is 0 Å². The number of para-hydroxylation sites is 2. The summed E-state index contributed by atoms with van der Waals surface area (Å²) < 4.78 is 6.19. The van der Waals surface area contributed by atoms with Crippen molar-refractivity contribution in [1.82, 2.24) is 14.9 Å². The van der Waals surface area contributed by atoms with Crippen LogP contribution in [-0.4, -0.2) is 44.1 Å². The highest BCUT2D eigenvalue weighted by molar-refractivity contribution is 6.09. The lowest BCUT2D eigenvalue weighted by Gasteiger charge is -2.33. The number of nitrogens with zero attached hydrogens (tertiary/aromatic N) is 3. The van der Waals surface area contributed by atoms with Gasteiger partial charge in [0, 0.05) is 51.4 Å². The topological polar surface area (TPSA) is 121 Å². The number of hydrogen-bond donors (Lipinski definition) is 3. The molecule has 0 aliphatic heterocycles. The maximum Gasteiger partial charge on any atom is 0.407 e. The van der Waals surface area contributed by atoms with Crippen LogP contribution in [0.3, 0.4) is 0 Å². The Hall–Kier alpha value is -5.70. The molecule has 9 heteroatoms. The minimum atomic E-state index is -0.948. The van der Waals surface area contributed by atoms with Crippen molar-refractivity contribution >= 4 is 51.1 Å². The fraction of sp³-hybridized carbons (Fsp3) is 0.167. The number of carboxylic acid groups (broad SMARTS) is 1. The Bertz CT molecular complexity index is 2010. The first-order chi connectivity index (χ1) is 21.7. The van der Waals surface area contributed by atoms with Crippen molar-refractivity contribution in [2.75, 3.05) is 17.2 Å². The Kier molecular flexibility index (Phi) is 7.91. The smallest absolute Gasteiger partial charge is 0.407 e. The summed E-state index contributed by atoms with van der Waals surface area (Å²) in [4.78, 5) is 35.0. The quantitative estimate of drug-likeness (QED) is 0.161. The summed E-state index contributed by atoms with van der Waals surface area (Å²) in [5, 5.41) is 17.9. The third kappa shape index (κ3) is 6.47. The fourth-order valence-corrected chi connectivity index (χ4v) is 5.33. The predicted octanol–water partition coefficient (Wildman–Crippen LogP) is 8.36. The summed E-state index contributed by atoms with van der Waals surface area (Å²) in [5.74, 6) is 0.351. The highest BCUT2D eigenvalue weighted by Gasteiger charge is 2.25. The van der Waals surface area contributed by atoms with Crippen LogP contribution in [0.25, 0.3) is 33.2 Å². The first-order valence-corrected chi connectivity index (χ1v) is 14.7. The number of benzene rings is 4. The van der Waals surface area contributed by atoms with E-state index in [1.807, 2.05) is 106 Å². The Balaban J connectivity index is 1.13. The van der Waals surface area contributed by atoms with Gasteiger partial charge in [0.05, 0.1) is 5.69 Å². The van der Waals surface area contributed by atoms with Gasteiger partial charge >= 0.3 is 6.09 Å². The van der Waals surface area contributed by atoms with Gasteiger partial charge in [-0.3, -0.25) is 4.79 Å². The molecule has 2 heterocycles. The first kappa shape index (κ1) is 29.4. The monoisotopic (exact) mass is 599 g/mol. The normalized spacial score (nSPS) is 11.4. The number of hydrogen-bond acceptors (Lipinski definition) is 6. The molecule has 2 aromatic heterocycles. The number of carbonyl (C=O) groups is 2. The molecule has 0 aliphatic carbocycles. The van der Waals surface area contributed by atoms with E-state index in [-0.39, 0.29) is 5.91 Å². The van der Waals surface area contributed by atoms with Crippen molar-refractivity contribution in [3.63, 3.8) is 0 Å². The lowest BCUT2D eigenvalue weighted by Crippen LogP contribution is -2.45. The number of carbonyl (C=O) groups excluding carboxylic acids is 1. The van der Waals surface area contributed by atoms with Crippen LogP contribution in [0.5, 0.6) is 0 Å². The maximum atomic E-state index is 13.0. The number of anilines is 3. The second-order valence-electron chi connectivity index (χ2n) is 11.8. The molecule has 0 spiro atoms. The lowest BCUT2D eigenvalue weighted by molar-refractivity contribution is 0.101. The second-order valence-corrected chi connectivity index (χ2v) is 11.8. The van der Waals surface area contributed by atoms with E-state index in [1.165, 1.54) is 11.2 Å². The van der Waals surface area contributed by atoms with Gasteiger partial charge in [0.15, 0.2) is 0 Å². The molecule has 6 rings (SSSR count). The van der Waals surface area contributed by atoms with Crippen molar-refractivity contribution in [2.45, 2.75) is 32.7 Å². The molecule has 0 radical (unpaired) electrons. The van der Waals surface area contributed by atoms with Gasteiger partial charge in [-0.05, 0) is 75.2 Å². The summed E-state index contributed by atoms with van der Waals surface area (Å²) in [7, 11) is 0. The fourth-order valence-electron chi connectivity index (χ4n) is 5.33.